The molecule has 1 fully saturated rings. The highest BCUT2D eigenvalue weighted by Crippen LogP contribution is 2.35. The molecule has 7 nitrogen and oxygen atoms in total. The highest BCUT2D eigenvalue weighted by molar-refractivity contribution is 6.31. The second kappa shape index (κ2) is 8.31. The summed E-state index contributed by atoms with van der Waals surface area (Å²) in [7, 11) is 3.11. The first-order valence-corrected chi connectivity index (χ1v) is 9.71. The van der Waals surface area contributed by atoms with Crippen molar-refractivity contribution >= 4 is 17.5 Å². The van der Waals surface area contributed by atoms with Crippen LogP contribution >= 0.6 is 11.6 Å². The van der Waals surface area contributed by atoms with Crippen LogP contribution in [0.2, 0.25) is 5.02 Å². The van der Waals surface area contributed by atoms with Gasteiger partial charge in [0.25, 0.3) is 5.91 Å². The number of methoxy groups -OCH3 is 2. The van der Waals surface area contributed by atoms with E-state index in [1.165, 1.54) is 18.2 Å². The first-order chi connectivity index (χ1) is 14.5. The number of benzene rings is 2. The highest BCUT2D eigenvalue weighted by Gasteiger charge is 2.35. The van der Waals surface area contributed by atoms with Crippen molar-refractivity contribution < 1.29 is 23.2 Å². The van der Waals surface area contributed by atoms with E-state index in [0.717, 1.165) is 6.42 Å². The lowest BCUT2D eigenvalue weighted by atomic mass is 10.1. The van der Waals surface area contributed by atoms with E-state index in [0.29, 0.717) is 47.3 Å². The summed E-state index contributed by atoms with van der Waals surface area (Å²) in [5.41, 5.74) is 1.01. The van der Waals surface area contributed by atoms with Gasteiger partial charge in [0, 0.05) is 17.7 Å². The molecule has 1 aromatic heterocycles. The summed E-state index contributed by atoms with van der Waals surface area (Å²) in [6, 6.07) is 8.89. The van der Waals surface area contributed by atoms with Crippen molar-refractivity contribution in [1.29, 1.82) is 0 Å². The summed E-state index contributed by atoms with van der Waals surface area (Å²) in [6.07, 6.45) is 1.48. The number of amides is 1. The van der Waals surface area contributed by atoms with Crippen molar-refractivity contribution in [2.75, 3.05) is 20.8 Å². The predicted octanol–water partition coefficient (Wildman–Crippen LogP) is 4.52. The van der Waals surface area contributed by atoms with Crippen molar-refractivity contribution in [2.24, 2.45) is 0 Å². The summed E-state index contributed by atoms with van der Waals surface area (Å²) in [6.45, 7) is 0.534. The summed E-state index contributed by atoms with van der Waals surface area (Å²) in [4.78, 5) is 19.1. The molecule has 0 N–H and O–H groups in total. The Morgan fingerprint density at radius 2 is 2.00 bits per heavy atom. The minimum atomic E-state index is -0.567. The van der Waals surface area contributed by atoms with Crippen LogP contribution in [0.5, 0.6) is 11.5 Å². The second-order valence-electron chi connectivity index (χ2n) is 6.81. The molecule has 9 heteroatoms. The Balaban J connectivity index is 1.59. The third kappa shape index (κ3) is 3.70. The van der Waals surface area contributed by atoms with Crippen LogP contribution in [-0.2, 0) is 0 Å². The largest absolute Gasteiger partial charge is 0.493 e. The average Bonchev–Trinajstić information content (AvgIpc) is 3.44. The van der Waals surface area contributed by atoms with Crippen LogP contribution in [0, 0.1) is 5.82 Å². The van der Waals surface area contributed by atoms with Gasteiger partial charge in [-0.2, -0.15) is 4.98 Å². The van der Waals surface area contributed by atoms with Crippen molar-refractivity contribution in [3.63, 3.8) is 0 Å². The molecule has 1 aliphatic heterocycles. The van der Waals surface area contributed by atoms with E-state index in [-0.39, 0.29) is 17.0 Å². The van der Waals surface area contributed by atoms with E-state index in [9.17, 15) is 9.18 Å². The van der Waals surface area contributed by atoms with Gasteiger partial charge in [0.1, 0.15) is 11.9 Å². The van der Waals surface area contributed by atoms with E-state index in [1.807, 2.05) is 0 Å². The van der Waals surface area contributed by atoms with Gasteiger partial charge in [-0.05, 0) is 49.2 Å². The van der Waals surface area contributed by atoms with Gasteiger partial charge in [0.05, 0.1) is 19.2 Å². The van der Waals surface area contributed by atoms with Crippen LogP contribution in [-0.4, -0.2) is 41.7 Å². The van der Waals surface area contributed by atoms with Gasteiger partial charge in [0.2, 0.25) is 11.7 Å². The molecule has 3 aromatic rings. The van der Waals surface area contributed by atoms with E-state index >= 15 is 0 Å². The van der Waals surface area contributed by atoms with Gasteiger partial charge in [0.15, 0.2) is 11.5 Å². The van der Waals surface area contributed by atoms with E-state index < -0.39 is 5.82 Å². The molecule has 2 heterocycles. The number of hydrogen-bond donors (Lipinski definition) is 0. The molecule has 1 aliphatic rings. The number of hydrogen-bond acceptors (Lipinski definition) is 6. The maximum Gasteiger partial charge on any atom is 0.254 e. The summed E-state index contributed by atoms with van der Waals surface area (Å²) in [5.74, 6) is 1.05. The van der Waals surface area contributed by atoms with E-state index in [1.54, 1.807) is 37.3 Å². The Morgan fingerprint density at radius 1 is 1.20 bits per heavy atom. The fourth-order valence-corrected chi connectivity index (χ4v) is 3.71. The average molecular weight is 432 g/mol. The van der Waals surface area contributed by atoms with Gasteiger partial charge >= 0.3 is 0 Å². The van der Waals surface area contributed by atoms with Gasteiger partial charge in [-0.25, -0.2) is 4.39 Å². The Bertz CT molecular complexity index is 1090. The molecule has 2 aromatic carbocycles. The summed E-state index contributed by atoms with van der Waals surface area (Å²) >= 11 is 5.83. The molecule has 4 rings (SSSR count). The van der Waals surface area contributed by atoms with Gasteiger partial charge in [-0.1, -0.05) is 16.8 Å². The van der Waals surface area contributed by atoms with Crippen LogP contribution in [0.25, 0.3) is 11.4 Å². The number of ether oxygens (including phenoxy) is 2. The lowest BCUT2D eigenvalue weighted by Crippen LogP contribution is -2.30. The van der Waals surface area contributed by atoms with Gasteiger partial charge in [-0.3, -0.25) is 4.79 Å². The summed E-state index contributed by atoms with van der Waals surface area (Å²) in [5, 5.41) is 3.97. The minimum Gasteiger partial charge on any atom is -0.493 e. The van der Waals surface area contributed by atoms with Crippen molar-refractivity contribution in [1.82, 2.24) is 15.0 Å². The summed E-state index contributed by atoms with van der Waals surface area (Å²) < 4.78 is 29.5. The predicted molar refractivity (Wildman–Crippen MR) is 107 cm³/mol. The number of likely N-dealkylation sites (tertiary alicyclic amines) is 1. The maximum absolute atomic E-state index is 13.4. The van der Waals surface area contributed by atoms with Crippen LogP contribution in [0.3, 0.4) is 0 Å². The lowest BCUT2D eigenvalue weighted by molar-refractivity contribution is 0.0710. The normalized spacial score (nSPS) is 16.0. The first-order valence-electron chi connectivity index (χ1n) is 9.34. The third-order valence-corrected chi connectivity index (χ3v) is 5.34. The fourth-order valence-electron chi connectivity index (χ4n) is 3.52. The van der Waals surface area contributed by atoms with Crippen molar-refractivity contribution in [2.45, 2.75) is 18.9 Å². The fraction of sp³-hybridized carbons (Fsp3) is 0.286. The molecule has 1 unspecified atom stereocenters. The Labute approximate surface area is 177 Å². The number of carbonyl (C=O) groups is 1. The molecule has 0 bridgehead atoms. The second-order valence-corrected chi connectivity index (χ2v) is 7.22. The molecule has 156 valence electrons. The van der Waals surface area contributed by atoms with E-state index in [4.69, 9.17) is 25.6 Å². The Morgan fingerprint density at radius 3 is 2.73 bits per heavy atom. The zero-order valence-electron chi connectivity index (χ0n) is 16.4. The molecule has 1 atom stereocenters. The van der Waals surface area contributed by atoms with Crippen LogP contribution in [0.15, 0.2) is 40.9 Å². The zero-order valence-corrected chi connectivity index (χ0v) is 17.1. The monoisotopic (exact) mass is 431 g/mol. The molecule has 30 heavy (non-hydrogen) atoms. The van der Waals surface area contributed by atoms with E-state index in [2.05, 4.69) is 10.1 Å². The maximum atomic E-state index is 13.4. The smallest absolute Gasteiger partial charge is 0.254 e. The number of nitrogens with zero attached hydrogens (tertiary/aromatic N) is 3. The van der Waals surface area contributed by atoms with Crippen molar-refractivity contribution in [3.05, 3.63) is 58.7 Å². The minimum absolute atomic E-state index is 0.0925. The molecule has 0 saturated carbocycles. The number of rotatable bonds is 5. The molecular formula is C21H19ClFN3O4. The topological polar surface area (TPSA) is 77.7 Å². The first kappa shape index (κ1) is 20.2. The van der Waals surface area contributed by atoms with Crippen molar-refractivity contribution in [3.8, 4) is 22.9 Å². The molecule has 1 amide bonds. The zero-order chi connectivity index (χ0) is 21.3. The lowest BCUT2D eigenvalue weighted by Gasteiger charge is -2.22. The quantitative estimate of drug-likeness (QED) is 0.591. The molecule has 1 saturated heterocycles. The number of aromatic nitrogens is 2. The highest BCUT2D eigenvalue weighted by atomic mass is 35.5. The molecule has 0 spiro atoms. The standard InChI is InChI=1S/C21H19ClFN3O4/c1-28-17-8-6-12(11-18(17)29-2)19-24-20(30-25-19)16-4-3-9-26(16)21(27)13-5-7-15(23)14(22)10-13/h5-8,10-11,16H,3-4,9H2,1-2H3. The SMILES string of the molecule is COc1ccc(-c2noc(C3CCCN3C(=O)c3ccc(F)c(Cl)c3)n2)cc1OC. The molecular weight excluding hydrogens is 413 g/mol. The van der Waals surface area contributed by atoms with Crippen LogP contribution in [0.1, 0.15) is 35.1 Å². The Kier molecular flexibility index (Phi) is 5.59. The van der Waals surface area contributed by atoms with Crippen LogP contribution in [0.4, 0.5) is 4.39 Å². The Hall–Kier alpha value is -3.13. The van der Waals surface area contributed by atoms with Gasteiger partial charge < -0.3 is 18.9 Å². The number of halogens is 2. The molecule has 0 radical (unpaired) electrons. The molecule has 0 aliphatic carbocycles. The number of carbonyl (C=O) groups excluding carboxylic acids is 1. The van der Waals surface area contributed by atoms with Crippen LogP contribution < -0.4 is 9.47 Å². The third-order valence-electron chi connectivity index (χ3n) is 5.05. The van der Waals surface area contributed by atoms with Gasteiger partial charge in [-0.15, -0.1) is 0 Å².